The first-order chi connectivity index (χ1) is 9.61. The molecule has 0 aromatic heterocycles. The number of nitrogens with one attached hydrogen (secondary N) is 1. The van der Waals surface area contributed by atoms with Gasteiger partial charge < -0.3 is 15.1 Å². The van der Waals surface area contributed by atoms with Crippen molar-refractivity contribution >= 4 is 11.8 Å². The highest BCUT2D eigenvalue weighted by Crippen LogP contribution is 2.11. The number of carbonyl (C=O) groups is 2. The number of amides is 2. The second-order valence-electron chi connectivity index (χ2n) is 5.03. The monoisotopic (exact) mass is 275 g/mol. The molecule has 0 aliphatic carbocycles. The summed E-state index contributed by atoms with van der Waals surface area (Å²) in [6.45, 7) is 4.77. The number of hydrogen-bond acceptors (Lipinski definition) is 3. The molecule has 1 aromatic rings. The van der Waals surface area contributed by atoms with Gasteiger partial charge in [0, 0.05) is 45.2 Å². The van der Waals surface area contributed by atoms with Crippen LogP contribution in [0, 0.1) is 0 Å². The number of nitrogens with zero attached hydrogens (tertiary/aromatic N) is 2. The fourth-order valence-corrected chi connectivity index (χ4v) is 2.43. The largest absolute Gasteiger partial charge is 0.339 e. The highest BCUT2D eigenvalue weighted by molar-refractivity contribution is 5.94. The summed E-state index contributed by atoms with van der Waals surface area (Å²) in [5.41, 5.74) is 1.81. The molecule has 1 aliphatic heterocycles. The average molecular weight is 275 g/mol. The zero-order valence-corrected chi connectivity index (χ0v) is 12.1. The smallest absolute Gasteiger partial charge is 0.253 e. The zero-order chi connectivity index (χ0) is 14.5. The van der Waals surface area contributed by atoms with Gasteiger partial charge in [0.2, 0.25) is 5.91 Å². The van der Waals surface area contributed by atoms with Gasteiger partial charge in [-0.15, -0.1) is 0 Å². The van der Waals surface area contributed by atoms with Gasteiger partial charge in [0.25, 0.3) is 5.91 Å². The van der Waals surface area contributed by atoms with Crippen LogP contribution in [0.4, 0.5) is 0 Å². The molecule has 1 N–H and O–H groups in total. The van der Waals surface area contributed by atoms with Gasteiger partial charge in [-0.25, -0.2) is 0 Å². The van der Waals surface area contributed by atoms with Gasteiger partial charge in [-0.05, 0) is 24.7 Å². The molecule has 5 nitrogen and oxygen atoms in total. The van der Waals surface area contributed by atoms with E-state index in [4.69, 9.17) is 0 Å². The predicted molar refractivity (Wildman–Crippen MR) is 77.4 cm³/mol. The van der Waals surface area contributed by atoms with Crippen molar-refractivity contribution in [1.29, 1.82) is 0 Å². The van der Waals surface area contributed by atoms with E-state index in [9.17, 15) is 9.59 Å². The molecule has 2 rings (SSSR count). The van der Waals surface area contributed by atoms with Gasteiger partial charge in [-0.1, -0.05) is 12.1 Å². The maximum atomic E-state index is 12.4. The van der Waals surface area contributed by atoms with Crippen LogP contribution in [0.15, 0.2) is 24.3 Å². The minimum atomic E-state index is 0.0474. The Kier molecular flexibility index (Phi) is 4.74. The number of hydrogen-bond donors (Lipinski definition) is 1. The molecule has 0 unspecified atom stereocenters. The lowest BCUT2D eigenvalue weighted by Gasteiger charge is -2.34. The van der Waals surface area contributed by atoms with Crippen molar-refractivity contribution in [2.45, 2.75) is 13.5 Å². The molecule has 20 heavy (non-hydrogen) atoms. The van der Waals surface area contributed by atoms with Crippen molar-refractivity contribution in [1.82, 2.24) is 15.1 Å². The Morgan fingerprint density at radius 3 is 2.40 bits per heavy atom. The van der Waals surface area contributed by atoms with Crippen molar-refractivity contribution in [2.75, 3.05) is 33.2 Å². The Hall–Kier alpha value is -1.88. The lowest BCUT2D eigenvalue weighted by Crippen LogP contribution is -2.50. The summed E-state index contributed by atoms with van der Waals surface area (Å²) in [7, 11) is 1.88. The second kappa shape index (κ2) is 6.52. The number of benzene rings is 1. The first kappa shape index (κ1) is 14.5. The average Bonchev–Trinajstić information content (AvgIpc) is 2.47. The molecule has 2 amide bonds. The van der Waals surface area contributed by atoms with Crippen LogP contribution in [0.5, 0.6) is 0 Å². The summed E-state index contributed by atoms with van der Waals surface area (Å²) in [6.07, 6.45) is 0. The van der Waals surface area contributed by atoms with Gasteiger partial charge in [0.1, 0.15) is 0 Å². The summed E-state index contributed by atoms with van der Waals surface area (Å²) in [6, 6.07) is 7.68. The highest BCUT2D eigenvalue weighted by atomic mass is 16.2. The topological polar surface area (TPSA) is 52.7 Å². The maximum absolute atomic E-state index is 12.4. The van der Waals surface area contributed by atoms with E-state index < -0.39 is 0 Å². The molecule has 1 aromatic carbocycles. The number of rotatable bonds is 3. The molecule has 0 spiro atoms. The molecule has 5 heteroatoms. The third-order valence-corrected chi connectivity index (χ3v) is 3.57. The molecule has 0 radical (unpaired) electrons. The first-order valence-electron chi connectivity index (χ1n) is 6.90. The molecule has 0 atom stereocenters. The molecular formula is C15H21N3O2. The van der Waals surface area contributed by atoms with E-state index in [2.05, 4.69) is 5.32 Å². The van der Waals surface area contributed by atoms with E-state index in [1.165, 1.54) is 0 Å². The van der Waals surface area contributed by atoms with Gasteiger partial charge in [0.15, 0.2) is 0 Å². The summed E-state index contributed by atoms with van der Waals surface area (Å²) in [5, 5.41) is 3.08. The van der Waals surface area contributed by atoms with E-state index in [1.54, 1.807) is 11.8 Å². The minimum absolute atomic E-state index is 0.0474. The van der Waals surface area contributed by atoms with Crippen LogP contribution in [0.25, 0.3) is 0 Å². The van der Waals surface area contributed by atoms with E-state index in [0.29, 0.717) is 31.7 Å². The predicted octanol–water partition coefficient (Wildman–Crippen LogP) is 0.710. The molecule has 1 heterocycles. The summed E-state index contributed by atoms with van der Waals surface area (Å²) < 4.78 is 0. The molecule has 1 aliphatic rings. The van der Waals surface area contributed by atoms with Gasteiger partial charge in [0.05, 0.1) is 0 Å². The van der Waals surface area contributed by atoms with E-state index >= 15 is 0 Å². The lowest BCUT2D eigenvalue weighted by atomic mass is 10.1. The summed E-state index contributed by atoms with van der Waals surface area (Å²) in [5.74, 6) is 0.124. The number of carbonyl (C=O) groups excluding carboxylic acids is 2. The van der Waals surface area contributed by atoms with Crippen molar-refractivity contribution < 1.29 is 9.59 Å². The Morgan fingerprint density at radius 2 is 1.80 bits per heavy atom. The molecule has 1 saturated heterocycles. The third-order valence-electron chi connectivity index (χ3n) is 3.57. The van der Waals surface area contributed by atoms with E-state index in [1.807, 2.05) is 36.2 Å². The third kappa shape index (κ3) is 3.36. The Balaban J connectivity index is 2.01. The Labute approximate surface area is 119 Å². The van der Waals surface area contributed by atoms with Crippen LogP contribution in [-0.4, -0.2) is 54.8 Å². The van der Waals surface area contributed by atoms with Crippen LogP contribution in [0.3, 0.4) is 0 Å². The van der Waals surface area contributed by atoms with Crippen LogP contribution < -0.4 is 5.32 Å². The number of piperazine rings is 1. The quantitative estimate of drug-likeness (QED) is 0.884. The van der Waals surface area contributed by atoms with Crippen LogP contribution in [0.1, 0.15) is 22.8 Å². The Morgan fingerprint density at radius 1 is 1.15 bits per heavy atom. The van der Waals surface area contributed by atoms with Crippen molar-refractivity contribution in [3.63, 3.8) is 0 Å². The second-order valence-corrected chi connectivity index (χ2v) is 5.03. The Bertz CT molecular complexity index is 494. The standard InChI is InChI=1S/C15H21N3O2/c1-12(19)17-6-8-18(9-7-17)15(20)14-5-3-4-13(10-14)11-16-2/h3-5,10,16H,6-9,11H2,1-2H3. The zero-order valence-electron chi connectivity index (χ0n) is 12.1. The summed E-state index contributed by atoms with van der Waals surface area (Å²) >= 11 is 0. The summed E-state index contributed by atoms with van der Waals surface area (Å²) in [4.78, 5) is 27.3. The van der Waals surface area contributed by atoms with E-state index in [0.717, 1.165) is 12.1 Å². The van der Waals surface area contributed by atoms with Crippen molar-refractivity contribution in [2.24, 2.45) is 0 Å². The molecule has 0 saturated carbocycles. The van der Waals surface area contributed by atoms with Crippen molar-refractivity contribution in [3.8, 4) is 0 Å². The van der Waals surface area contributed by atoms with Crippen LogP contribution in [0.2, 0.25) is 0 Å². The molecular weight excluding hydrogens is 254 g/mol. The van der Waals surface area contributed by atoms with Gasteiger partial charge in [-0.2, -0.15) is 0 Å². The SMILES string of the molecule is CNCc1cccc(C(=O)N2CCN(C(C)=O)CC2)c1. The molecule has 108 valence electrons. The first-order valence-corrected chi connectivity index (χ1v) is 6.90. The van der Waals surface area contributed by atoms with E-state index in [-0.39, 0.29) is 11.8 Å². The fourth-order valence-electron chi connectivity index (χ4n) is 2.43. The lowest BCUT2D eigenvalue weighted by molar-refractivity contribution is -0.130. The van der Waals surface area contributed by atoms with Crippen molar-refractivity contribution in [3.05, 3.63) is 35.4 Å². The van der Waals surface area contributed by atoms with Crippen LogP contribution >= 0.6 is 0 Å². The normalized spacial score (nSPS) is 15.3. The maximum Gasteiger partial charge on any atom is 0.253 e. The van der Waals surface area contributed by atoms with Crippen LogP contribution in [-0.2, 0) is 11.3 Å². The molecule has 1 fully saturated rings. The molecule has 0 bridgehead atoms. The van der Waals surface area contributed by atoms with Gasteiger partial charge >= 0.3 is 0 Å². The minimum Gasteiger partial charge on any atom is -0.339 e. The highest BCUT2D eigenvalue weighted by Gasteiger charge is 2.23. The fraction of sp³-hybridized carbons (Fsp3) is 0.467. The van der Waals surface area contributed by atoms with Gasteiger partial charge in [-0.3, -0.25) is 9.59 Å².